The van der Waals surface area contributed by atoms with E-state index in [2.05, 4.69) is 15.6 Å². The van der Waals surface area contributed by atoms with Gasteiger partial charge in [0.05, 0.1) is 31.8 Å². The Hall–Kier alpha value is -3.98. The minimum Gasteiger partial charge on any atom is -0.464 e. The number of rotatable bonds is 11. The van der Waals surface area contributed by atoms with Crippen LogP contribution in [0.3, 0.4) is 0 Å². The fourth-order valence-electron chi connectivity index (χ4n) is 3.70. The molecule has 2 aromatic carbocycles. The lowest BCUT2D eigenvalue weighted by Gasteiger charge is -2.24. The number of imidazole rings is 1. The number of nitrogens with one attached hydrogen (secondary N) is 2. The van der Waals surface area contributed by atoms with Crippen LogP contribution in [-0.2, 0) is 30.5 Å². The summed E-state index contributed by atoms with van der Waals surface area (Å²) in [7, 11) is 0. The lowest BCUT2D eigenvalue weighted by molar-refractivity contribution is -0.145. The maximum Gasteiger partial charge on any atom is 0.333 e. The number of benzene rings is 2. The highest BCUT2D eigenvalue weighted by Gasteiger charge is 2.30. The van der Waals surface area contributed by atoms with Crippen LogP contribution in [0.2, 0.25) is 0 Å². The summed E-state index contributed by atoms with van der Waals surface area (Å²) in [6.45, 7) is 9.31. The molecule has 2 amide bonds. The Morgan fingerprint density at radius 1 is 1.00 bits per heavy atom. The minimum atomic E-state index is -0.954. The quantitative estimate of drug-likeness (QED) is 0.369. The van der Waals surface area contributed by atoms with Gasteiger partial charge < -0.3 is 24.7 Å². The van der Waals surface area contributed by atoms with Crippen LogP contribution in [-0.4, -0.2) is 46.6 Å². The van der Waals surface area contributed by atoms with Gasteiger partial charge in [-0.15, -0.1) is 0 Å². The third kappa shape index (κ3) is 7.52. The molecular formula is C29H36N4O5. The fourth-order valence-corrected chi connectivity index (χ4v) is 3.70. The molecule has 0 saturated heterocycles. The molecule has 0 bridgehead atoms. The van der Waals surface area contributed by atoms with E-state index < -0.39 is 29.4 Å². The van der Waals surface area contributed by atoms with E-state index in [0.717, 1.165) is 11.1 Å². The highest BCUT2D eigenvalue weighted by molar-refractivity contribution is 5.97. The molecule has 3 aromatic rings. The minimum absolute atomic E-state index is 0.0300. The van der Waals surface area contributed by atoms with E-state index >= 15 is 0 Å². The van der Waals surface area contributed by atoms with E-state index in [0.29, 0.717) is 12.3 Å². The third-order valence-corrected chi connectivity index (χ3v) is 5.89. The van der Waals surface area contributed by atoms with Crippen molar-refractivity contribution >= 4 is 23.6 Å². The van der Waals surface area contributed by atoms with Gasteiger partial charge in [0, 0.05) is 5.41 Å². The molecule has 3 rings (SSSR count). The van der Waals surface area contributed by atoms with Crippen molar-refractivity contribution in [3.63, 3.8) is 0 Å². The van der Waals surface area contributed by atoms with Crippen LogP contribution in [0.25, 0.3) is 0 Å². The Morgan fingerprint density at radius 2 is 1.63 bits per heavy atom. The summed E-state index contributed by atoms with van der Waals surface area (Å²) >= 11 is 0. The van der Waals surface area contributed by atoms with Gasteiger partial charge >= 0.3 is 5.97 Å². The topological polar surface area (TPSA) is 112 Å². The molecule has 0 saturated carbocycles. The monoisotopic (exact) mass is 520 g/mol. The zero-order chi connectivity index (χ0) is 27.7. The normalized spacial score (nSPS) is 12.9. The Labute approximate surface area is 223 Å². The summed E-state index contributed by atoms with van der Waals surface area (Å²) < 4.78 is 12.8. The number of amides is 2. The van der Waals surface area contributed by atoms with Crippen molar-refractivity contribution in [2.45, 2.75) is 53.3 Å². The lowest BCUT2D eigenvalue weighted by Crippen LogP contribution is -2.50. The van der Waals surface area contributed by atoms with Gasteiger partial charge in [0.2, 0.25) is 5.91 Å². The summed E-state index contributed by atoms with van der Waals surface area (Å²) in [6.07, 6.45) is 1.49. The summed E-state index contributed by atoms with van der Waals surface area (Å²) in [5.74, 6) is -0.911. The molecule has 0 fully saturated rings. The van der Waals surface area contributed by atoms with Crippen LogP contribution in [0.1, 0.15) is 50.6 Å². The second kappa shape index (κ2) is 13.0. The summed E-state index contributed by atoms with van der Waals surface area (Å²) in [5.41, 5.74) is 1.55. The second-order valence-electron chi connectivity index (χ2n) is 9.92. The molecule has 1 unspecified atom stereocenters. The maximum atomic E-state index is 13.3. The van der Waals surface area contributed by atoms with Gasteiger partial charge in [0.1, 0.15) is 6.04 Å². The molecule has 9 nitrogen and oxygen atoms in total. The first kappa shape index (κ1) is 28.6. The molecule has 0 aliphatic carbocycles. The van der Waals surface area contributed by atoms with Crippen molar-refractivity contribution in [2.75, 3.05) is 18.5 Å². The zero-order valence-electron chi connectivity index (χ0n) is 22.6. The molecule has 1 aromatic heterocycles. The standard InChI is InChI=1S/C29H36N4O5/c1-6-38-27(35)24(22-15-11-8-12-16-22)33-19-30-25(20(33)2)32-26(34)23(31-28(36)29(3,4)5)18-37-17-21-13-9-7-10-14-21/h7-16,19,23-24H,6,17-18H2,1-5H3,(H,31,36)(H,32,34)/t23-,24?/m1/s1. The van der Waals surface area contributed by atoms with Gasteiger partial charge in [-0.05, 0) is 25.0 Å². The van der Waals surface area contributed by atoms with Crippen LogP contribution in [0.15, 0.2) is 67.0 Å². The molecule has 2 atom stereocenters. The molecule has 1 heterocycles. The van der Waals surface area contributed by atoms with Gasteiger partial charge in [-0.25, -0.2) is 9.78 Å². The number of carbonyl (C=O) groups excluding carboxylic acids is 3. The van der Waals surface area contributed by atoms with E-state index in [1.54, 1.807) is 39.2 Å². The lowest BCUT2D eigenvalue weighted by atomic mass is 9.95. The average molecular weight is 521 g/mol. The highest BCUT2D eigenvalue weighted by atomic mass is 16.5. The van der Waals surface area contributed by atoms with Crippen molar-refractivity contribution in [2.24, 2.45) is 5.41 Å². The molecule has 9 heteroatoms. The van der Waals surface area contributed by atoms with E-state index in [-0.39, 0.29) is 24.9 Å². The zero-order valence-corrected chi connectivity index (χ0v) is 22.6. The first-order valence-corrected chi connectivity index (χ1v) is 12.6. The molecule has 0 radical (unpaired) electrons. The molecule has 0 aliphatic heterocycles. The van der Waals surface area contributed by atoms with Crippen LogP contribution in [0, 0.1) is 12.3 Å². The SMILES string of the molecule is CCOC(=O)C(c1ccccc1)n1cnc(NC(=O)[C@@H](COCc2ccccc2)NC(=O)C(C)(C)C)c1C. The summed E-state index contributed by atoms with van der Waals surface area (Å²) in [4.78, 5) is 43.2. The van der Waals surface area contributed by atoms with Crippen LogP contribution in [0.4, 0.5) is 5.82 Å². The highest BCUT2D eigenvalue weighted by Crippen LogP contribution is 2.25. The number of aromatic nitrogens is 2. The van der Waals surface area contributed by atoms with Crippen LogP contribution >= 0.6 is 0 Å². The largest absolute Gasteiger partial charge is 0.464 e. The Bertz CT molecular complexity index is 1220. The van der Waals surface area contributed by atoms with Gasteiger partial charge in [-0.3, -0.25) is 9.59 Å². The van der Waals surface area contributed by atoms with Crippen LogP contribution < -0.4 is 10.6 Å². The van der Waals surface area contributed by atoms with Crippen molar-refractivity contribution in [1.29, 1.82) is 0 Å². The smallest absolute Gasteiger partial charge is 0.333 e. The number of nitrogens with zero attached hydrogens (tertiary/aromatic N) is 2. The number of carbonyl (C=O) groups is 3. The summed E-state index contributed by atoms with van der Waals surface area (Å²) in [5, 5.41) is 5.58. The fraction of sp³-hybridized carbons (Fsp3) is 0.379. The molecule has 0 spiro atoms. The first-order chi connectivity index (χ1) is 18.1. The number of anilines is 1. The summed E-state index contributed by atoms with van der Waals surface area (Å²) in [6, 6.07) is 17.1. The predicted octanol–water partition coefficient (Wildman–Crippen LogP) is 4.03. The Kier molecular flexibility index (Phi) is 9.78. The van der Waals surface area contributed by atoms with Gasteiger partial charge in [0.15, 0.2) is 11.9 Å². The number of esters is 1. The van der Waals surface area contributed by atoms with E-state index in [9.17, 15) is 14.4 Å². The number of hydrogen-bond acceptors (Lipinski definition) is 6. The van der Waals surface area contributed by atoms with Crippen LogP contribution in [0.5, 0.6) is 0 Å². The van der Waals surface area contributed by atoms with Gasteiger partial charge in [-0.1, -0.05) is 81.4 Å². The van der Waals surface area contributed by atoms with Crippen molar-refractivity contribution < 1.29 is 23.9 Å². The first-order valence-electron chi connectivity index (χ1n) is 12.6. The van der Waals surface area contributed by atoms with E-state index in [1.807, 2.05) is 60.7 Å². The number of hydrogen-bond donors (Lipinski definition) is 2. The van der Waals surface area contributed by atoms with Crippen molar-refractivity contribution in [3.05, 3.63) is 83.8 Å². The third-order valence-electron chi connectivity index (χ3n) is 5.89. The second-order valence-corrected chi connectivity index (χ2v) is 9.92. The molecular weight excluding hydrogens is 484 g/mol. The van der Waals surface area contributed by atoms with E-state index in [4.69, 9.17) is 9.47 Å². The van der Waals surface area contributed by atoms with Crippen molar-refractivity contribution in [3.8, 4) is 0 Å². The van der Waals surface area contributed by atoms with Gasteiger partial charge in [-0.2, -0.15) is 0 Å². The molecule has 2 N–H and O–H groups in total. The van der Waals surface area contributed by atoms with Crippen molar-refractivity contribution in [1.82, 2.24) is 14.9 Å². The number of ether oxygens (including phenoxy) is 2. The Balaban J connectivity index is 1.80. The Morgan fingerprint density at radius 3 is 2.24 bits per heavy atom. The molecule has 38 heavy (non-hydrogen) atoms. The van der Waals surface area contributed by atoms with E-state index in [1.165, 1.54) is 6.33 Å². The average Bonchev–Trinajstić information content (AvgIpc) is 3.23. The predicted molar refractivity (Wildman–Crippen MR) is 144 cm³/mol. The van der Waals surface area contributed by atoms with Gasteiger partial charge in [0.25, 0.3) is 5.91 Å². The molecule has 202 valence electrons. The maximum absolute atomic E-state index is 13.3. The molecule has 0 aliphatic rings.